The van der Waals surface area contributed by atoms with E-state index in [0.29, 0.717) is 17.0 Å². The zero-order valence-electron chi connectivity index (χ0n) is 12.7. The molecule has 2 N–H and O–H groups in total. The number of alkyl halides is 2. The number of anilines is 1. The minimum atomic E-state index is -2.46. The lowest BCUT2D eigenvalue weighted by molar-refractivity contribution is 0.127. The zero-order chi connectivity index (χ0) is 16.8. The maximum atomic E-state index is 12.8. The van der Waals surface area contributed by atoms with Crippen LogP contribution < -0.4 is 5.73 Å². The quantitative estimate of drug-likeness (QED) is 0.623. The summed E-state index contributed by atoms with van der Waals surface area (Å²) >= 11 is 0. The van der Waals surface area contributed by atoms with Gasteiger partial charge in [0.15, 0.2) is 5.65 Å². The highest BCUT2D eigenvalue weighted by Crippen LogP contribution is 2.27. The molecular weight excluding hydrogens is 316 g/mol. The summed E-state index contributed by atoms with van der Waals surface area (Å²) in [6.45, 7) is 1.28. The largest absolute Gasteiger partial charge is 0.367 e. The van der Waals surface area contributed by atoms with E-state index < -0.39 is 13.0 Å². The molecule has 4 aromatic rings. The van der Waals surface area contributed by atoms with Gasteiger partial charge in [0.05, 0.1) is 23.8 Å². The maximum absolute atomic E-state index is 12.8. The molecule has 0 unspecified atom stereocenters. The number of hydrogen-bond donors (Lipinski definition) is 1. The summed E-state index contributed by atoms with van der Waals surface area (Å²) in [5.74, 6) is 0.677. The Labute approximate surface area is 134 Å². The van der Waals surface area contributed by atoms with Gasteiger partial charge in [-0.05, 0) is 19.1 Å². The second-order valence-corrected chi connectivity index (χ2v) is 5.40. The lowest BCUT2D eigenvalue weighted by atomic mass is 10.1. The lowest BCUT2D eigenvalue weighted by Gasteiger charge is -2.06. The first-order chi connectivity index (χ1) is 11.5. The summed E-state index contributed by atoms with van der Waals surface area (Å²) < 4.78 is 28.7. The number of nitrogen functional groups attached to an aromatic ring is 1. The molecule has 0 saturated carbocycles. The van der Waals surface area contributed by atoms with Crippen molar-refractivity contribution in [1.29, 1.82) is 0 Å². The standard InChI is InChI=1S/C15H13F2N7/c1-8-21-14-11(23(8)7-13(16)17)4-9(5-19-14)10-2-3-24-12(10)6-20-15(18)22-24/h2-6,13H,7H2,1H3,(H2,18,22). The van der Waals surface area contributed by atoms with Crippen LogP contribution in [-0.4, -0.2) is 35.6 Å². The number of fused-ring (bicyclic) bond motifs is 2. The number of aromatic nitrogens is 6. The van der Waals surface area contributed by atoms with Crippen LogP contribution in [0, 0.1) is 6.92 Å². The van der Waals surface area contributed by atoms with Crippen molar-refractivity contribution in [1.82, 2.24) is 29.1 Å². The van der Waals surface area contributed by atoms with E-state index in [1.807, 2.05) is 6.07 Å². The van der Waals surface area contributed by atoms with Crippen molar-refractivity contribution in [2.24, 2.45) is 0 Å². The molecule has 4 aromatic heterocycles. The summed E-state index contributed by atoms with van der Waals surface area (Å²) in [5.41, 5.74) is 8.96. The van der Waals surface area contributed by atoms with Gasteiger partial charge in [-0.3, -0.25) is 0 Å². The van der Waals surface area contributed by atoms with Crippen molar-refractivity contribution in [3.8, 4) is 11.1 Å². The Morgan fingerprint density at radius 1 is 1.21 bits per heavy atom. The van der Waals surface area contributed by atoms with Crippen LogP contribution >= 0.6 is 0 Å². The number of hydrogen-bond acceptors (Lipinski definition) is 5. The summed E-state index contributed by atoms with van der Waals surface area (Å²) in [5, 5.41) is 4.09. The molecule has 0 fully saturated rings. The Bertz CT molecular complexity index is 1050. The third-order valence-corrected chi connectivity index (χ3v) is 3.86. The molecule has 0 bridgehead atoms. The molecule has 0 aliphatic carbocycles. The molecular formula is C15H13F2N7. The van der Waals surface area contributed by atoms with Crippen LogP contribution in [0.2, 0.25) is 0 Å². The molecule has 0 atom stereocenters. The Balaban J connectivity index is 1.90. The van der Waals surface area contributed by atoms with Crippen molar-refractivity contribution in [3.63, 3.8) is 0 Å². The molecule has 0 aliphatic rings. The average molecular weight is 329 g/mol. The Kier molecular flexibility index (Phi) is 3.15. The van der Waals surface area contributed by atoms with Crippen molar-refractivity contribution in [2.75, 3.05) is 5.73 Å². The molecule has 0 spiro atoms. The third kappa shape index (κ3) is 2.25. The molecule has 0 radical (unpaired) electrons. The number of imidazole rings is 1. The van der Waals surface area contributed by atoms with Crippen LogP contribution in [0.1, 0.15) is 5.82 Å². The molecule has 9 heteroatoms. The van der Waals surface area contributed by atoms with E-state index in [-0.39, 0.29) is 5.95 Å². The van der Waals surface area contributed by atoms with E-state index in [4.69, 9.17) is 5.73 Å². The summed E-state index contributed by atoms with van der Waals surface area (Å²) in [4.78, 5) is 12.5. The lowest BCUT2D eigenvalue weighted by Crippen LogP contribution is -2.08. The van der Waals surface area contributed by atoms with E-state index in [2.05, 4.69) is 20.1 Å². The van der Waals surface area contributed by atoms with Crippen molar-refractivity contribution >= 4 is 22.6 Å². The normalized spacial score (nSPS) is 11.8. The number of rotatable bonds is 3. The SMILES string of the molecule is Cc1nc2ncc(-c3ccn4nc(N)ncc34)cc2n1CC(F)F. The minimum absolute atomic E-state index is 0.170. The van der Waals surface area contributed by atoms with Gasteiger partial charge in [0, 0.05) is 23.5 Å². The maximum Gasteiger partial charge on any atom is 0.256 e. The topological polar surface area (TPSA) is 86.9 Å². The number of pyridine rings is 1. The molecule has 122 valence electrons. The predicted octanol–water partition coefficient (Wildman–Crippen LogP) is 2.30. The fraction of sp³-hybridized carbons (Fsp3) is 0.200. The number of nitrogens with zero attached hydrogens (tertiary/aromatic N) is 6. The summed E-state index contributed by atoms with van der Waals surface area (Å²) in [6.07, 6.45) is 2.57. The summed E-state index contributed by atoms with van der Waals surface area (Å²) in [6, 6.07) is 3.66. The van der Waals surface area contributed by atoms with Crippen LogP contribution in [-0.2, 0) is 6.54 Å². The Morgan fingerprint density at radius 2 is 2.04 bits per heavy atom. The van der Waals surface area contributed by atoms with Gasteiger partial charge in [-0.25, -0.2) is 28.2 Å². The number of halogens is 2. The average Bonchev–Trinajstić information content (AvgIpc) is 3.08. The van der Waals surface area contributed by atoms with E-state index in [1.54, 1.807) is 36.1 Å². The smallest absolute Gasteiger partial charge is 0.256 e. The molecule has 0 saturated heterocycles. The van der Waals surface area contributed by atoms with Gasteiger partial charge in [0.25, 0.3) is 6.43 Å². The second-order valence-electron chi connectivity index (χ2n) is 5.40. The highest BCUT2D eigenvalue weighted by atomic mass is 19.3. The highest BCUT2D eigenvalue weighted by Gasteiger charge is 2.15. The highest BCUT2D eigenvalue weighted by molar-refractivity contribution is 5.85. The van der Waals surface area contributed by atoms with E-state index in [9.17, 15) is 8.78 Å². The van der Waals surface area contributed by atoms with Crippen LogP contribution in [0.25, 0.3) is 27.8 Å². The summed E-state index contributed by atoms with van der Waals surface area (Å²) in [7, 11) is 0. The first-order valence-corrected chi connectivity index (χ1v) is 7.24. The zero-order valence-corrected chi connectivity index (χ0v) is 12.7. The first-order valence-electron chi connectivity index (χ1n) is 7.24. The van der Waals surface area contributed by atoms with Crippen LogP contribution in [0.15, 0.2) is 30.7 Å². The van der Waals surface area contributed by atoms with Gasteiger partial charge < -0.3 is 10.3 Å². The van der Waals surface area contributed by atoms with E-state index in [0.717, 1.165) is 16.6 Å². The molecule has 4 rings (SSSR count). The number of aryl methyl sites for hydroxylation is 1. The van der Waals surface area contributed by atoms with Gasteiger partial charge in [-0.2, -0.15) is 0 Å². The van der Waals surface area contributed by atoms with Gasteiger partial charge >= 0.3 is 0 Å². The molecule has 0 aromatic carbocycles. The predicted molar refractivity (Wildman–Crippen MR) is 84.7 cm³/mol. The van der Waals surface area contributed by atoms with Crippen molar-refractivity contribution in [2.45, 2.75) is 19.9 Å². The van der Waals surface area contributed by atoms with Crippen LogP contribution in [0.5, 0.6) is 0 Å². The van der Waals surface area contributed by atoms with Crippen LogP contribution in [0.4, 0.5) is 14.7 Å². The Morgan fingerprint density at radius 3 is 2.83 bits per heavy atom. The molecule has 24 heavy (non-hydrogen) atoms. The monoisotopic (exact) mass is 329 g/mol. The third-order valence-electron chi connectivity index (χ3n) is 3.86. The van der Waals surface area contributed by atoms with Gasteiger partial charge in [-0.15, -0.1) is 5.10 Å². The van der Waals surface area contributed by atoms with E-state index in [1.165, 1.54) is 4.57 Å². The van der Waals surface area contributed by atoms with Gasteiger partial charge in [0.1, 0.15) is 5.82 Å². The van der Waals surface area contributed by atoms with Crippen molar-refractivity contribution < 1.29 is 8.78 Å². The molecule has 0 aliphatic heterocycles. The second kappa shape index (κ2) is 5.22. The minimum Gasteiger partial charge on any atom is -0.367 e. The fourth-order valence-corrected chi connectivity index (χ4v) is 2.79. The number of nitrogens with two attached hydrogens (primary N) is 1. The van der Waals surface area contributed by atoms with Crippen LogP contribution in [0.3, 0.4) is 0 Å². The fourth-order valence-electron chi connectivity index (χ4n) is 2.79. The molecule has 4 heterocycles. The molecule has 7 nitrogen and oxygen atoms in total. The van der Waals surface area contributed by atoms with Gasteiger partial charge in [0.2, 0.25) is 5.95 Å². The Hall–Kier alpha value is -3.10. The van der Waals surface area contributed by atoms with E-state index >= 15 is 0 Å². The molecule has 0 amide bonds. The van der Waals surface area contributed by atoms with Gasteiger partial charge in [-0.1, -0.05) is 0 Å². The van der Waals surface area contributed by atoms with Crippen molar-refractivity contribution in [3.05, 3.63) is 36.5 Å². The first kappa shape index (κ1) is 14.5.